The van der Waals surface area contributed by atoms with E-state index in [1.807, 2.05) is 66.9 Å². The molecule has 0 saturated carbocycles. The first-order valence-corrected chi connectivity index (χ1v) is 12.0. The van der Waals surface area contributed by atoms with E-state index in [-0.39, 0.29) is 11.7 Å². The molecule has 4 aromatic rings. The van der Waals surface area contributed by atoms with E-state index in [0.29, 0.717) is 18.3 Å². The van der Waals surface area contributed by atoms with Gasteiger partial charge in [0.25, 0.3) is 0 Å². The van der Waals surface area contributed by atoms with Gasteiger partial charge in [-0.25, -0.2) is 0 Å². The van der Waals surface area contributed by atoms with Gasteiger partial charge in [-0.3, -0.25) is 4.79 Å². The van der Waals surface area contributed by atoms with E-state index in [0.717, 1.165) is 38.1 Å². The zero-order valence-electron chi connectivity index (χ0n) is 17.8. The van der Waals surface area contributed by atoms with Gasteiger partial charge in [0.15, 0.2) is 11.0 Å². The van der Waals surface area contributed by atoms with Gasteiger partial charge in [-0.05, 0) is 49.1 Å². The summed E-state index contributed by atoms with van der Waals surface area (Å²) < 4.78 is 9.04. The van der Waals surface area contributed by atoms with Crippen molar-refractivity contribution in [2.24, 2.45) is 0 Å². The summed E-state index contributed by atoms with van der Waals surface area (Å²) >= 11 is 4.80. The third-order valence-electron chi connectivity index (χ3n) is 5.01. The summed E-state index contributed by atoms with van der Waals surface area (Å²) in [5.74, 6) is 1.71. The number of nitrogens with zero attached hydrogens (tertiary/aromatic N) is 3. The molecule has 0 radical (unpaired) electrons. The number of benzene rings is 3. The van der Waals surface area contributed by atoms with Crippen LogP contribution in [0.1, 0.15) is 18.3 Å². The molecule has 0 fully saturated rings. The molecule has 0 spiro atoms. The number of hydrogen-bond donors (Lipinski definition) is 1. The second-order valence-corrected chi connectivity index (χ2v) is 9.06. The largest absolute Gasteiger partial charge is 0.485 e. The number of halogens is 1. The standard InChI is InChI=1S/C24H23BrN4O2S/c1-3-29-22(14-31-21-10-6-8-17-7-4-5-9-19(17)21)27-28-24(29)32-15-23(30)26-20-12-11-18(25)13-16(20)2/h4-13H,3,14-15H2,1-2H3,(H,26,30). The molecule has 4 rings (SSSR count). The molecule has 1 aromatic heterocycles. The van der Waals surface area contributed by atoms with Gasteiger partial charge in [0.05, 0.1) is 5.75 Å². The minimum absolute atomic E-state index is 0.0837. The fraction of sp³-hybridized carbons (Fsp3) is 0.208. The van der Waals surface area contributed by atoms with Gasteiger partial charge in [0, 0.05) is 22.1 Å². The normalized spacial score (nSPS) is 11.0. The lowest BCUT2D eigenvalue weighted by Crippen LogP contribution is -2.15. The Labute approximate surface area is 199 Å². The van der Waals surface area contributed by atoms with Crippen molar-refractivity contribution in [1.82, 2.24) is 14.8 Å². The van der Waals surface area contributed by atoms with E-state index < -0.39 is 0 Å². The van der Waals surface area contributed by atoms with Crippen molar-refractivity contribution in [2.75, 3.05) is 11.1 Å². The lowest BCUT2D eigenvalue weighted by molar-refractivity contribution is -0.113. The first-order valence-electron chi connectivity index (χ1n) is 10.3. The summed E-state index contributed by atoms with van der Waals surface area (Å²) in [6.45, 7) is 4.99. The number of carbonyl (C=O) groups is 1. The molecule has 32 heavy (non-hydrogen) atoms. The molecule has 0 unspecified atom stereocenters. The highest BCUT2D eigenvalue weighted by atomic mass is 79.9. The lowest BCUT2D eigenvalue weighted by Gasteiger charge is -2.11. The Balaban J connectivity index is 1.40. The van der Waals surface area contributed by atoms with Crippen molar-refractivity contribution in [3.05, 3.63) is 76.5 Å². The Morgan fingerprint density at radius 2 is 1.94 bits per heavy atom. The molecule has 1 amide bonds. The van der Waals surface area contributed by atoms with E-state index in [2.05, 4.69) is 43.6 Å². The highest BCUT2D eigenvalue weighted by Gasteiger charge is 2.15. The fourth-order valence-electron chi connectivity index (χ4n) is 3.40. The number of aryl methyl sites for hydroxylation is 1. The van der Waals surface area contributed by atoms with E-state index >= 15 is 0 Å². The average molecular weight is 511 g/mol. The number of fused-ring (bicyclic) bond motifs is 1. The van der Waals surface area contributed by atoms with Crippen LogP contribution in [-0.2, 0) is 17.9 Å². The summed E-state index contributed by atoms with van der Waals surface area (Å²) in [5, 5.41) is 14.4. The maximum absolute atomic E-state index is 12.4. The predicted molar refractivity (Wildman–Crippen MR) is 132 cm³/mol. The fourth-order valence-corrected chi connectivity index (χ4v) is 4.69. The molecule has 0 atom stereocenters. The van der Waals surface area contributed by atoms with Crippen LogP contribution in [0.2, 0.25) is 0 Å². The molecule has 0 bridgehead atoms. The summed E-state index contributed by atoms with van der Waals surface area (Å²) in [5.41, 5.74) is 1.81. The summed E-state index contributed by atoms with van der Waals surface area (Å²) in [6, 6.07) is 19.9. The zero-order chi connectivity index (χ0) is 22.5. The van der Waals surface area contributed by atoms with Crippen LogP contribution in [0.15, 0.2) is 70.3 Å². The van der Waals surface area contributed by atoms with Gasteiger partial charge >= 0.3 is 0 Å². The first-order chi connectivity index (χ1) is 15.5. The number of ether oxygens (including phenoxy) is 1. The number of rotatable bonds is 8. The van der Waals surface area contributed by atoms with Crippen LogP contribution in [0.5, 0.6) is 5.75 Å². The van der Waals surface area contributed by atoms with Crippen LogP contribution in [0.25, 0.3) is 10.8 Å². The Kier molecular flexibility index (Phi) is 7.12. The Hall–Kier alpha value is -2.84. The Morgan fingerprint density at radius 3 is 2.75 bits per heavy atom. The van der Waals surface area contributed by atoms with Crippen LogP contribution in [0.3, 0.4) is 0 Å². The van der Waals surface area contributed by atoms with E-state index in [1.165, 1.54) is 11.8 Å². The van der Waals surface area contributed by atoms with Gasteiger partial charge in [0.2, 0.25) is 5.91 Å². The van der Waals surface area contributed by atoms with Crippen molar-refractivity contribution >= 4 is 50.1 Å². The highest BCUT2D eigenvalue weighted by Crippen LogP contribution is 2.26. The van der Waals surface area contributed by atoms with Crippen LogP contribution >= 0.6 is 27.7 Å². The molecule has 0 saturated heterocycles. The second kappa shape index (κ2) is 10.2. The minimum Gasteiger partial charge on any atom is -0.485 e. The molecular weight excluding hydrogens is 488 g/mol. The minimum atomic E-state index is -0.0837. The van der Waals surface area contributed by atoms with Gasteiger partial charge in [-0.1, -0.05) is 64.1 Å². The Bertz CT molecular complexity index is 1250. The first kappa shape index (κ1) is 22.4. The maximum atomic E-state index is 12.4. The monoisotopic (exact) mass is 510 g/mol. The predicted octanol–water partition coefficient (Wildman–Crippen LogP) is 5.83. The van der Waals surface area contributed by atoms with Crippen LogP contribution < -0.4 is 10.1 Å². The molecule has 6 nitrogen and oxygen atoms in total. The maximum Gasteiger partial charge on any atom is 0.234 e. The zero-order valence-corrected chi connectivity index (χ0v) is 20.2. The Morgan fingerprint density at radius 1 is 1.12 bits per heavy atom. The topological polar surface area (TPSA) is 69.0 Å². The third-order valence-corrected chi connectivity index (χ3v) is 6.47. The number of aromatic nitrogens is 3. The number of amides is 1. The molecule has 0 aliphatic heterocycles. The number of carbonyl (C=O) groups excluding carboxylic acids is 1. The molecule has 8 heteroatoms. The number of nitrogens with one attached hydrogen (secondary N) is 1. The summed E-state index contributed by atoms with van der Waals surface area (Å²) in [7, 11) is 0. The second-order valence-electron chi connectivity index (χ2n) is 7.21. The van der Waals surface area contributed by atoms with Gasteiger partial charge in [-0.2, -0.15) is 0 Å². The smallest absolute Gasteiger partial charge is 0.234 e. The quantitative estimate of drug-likeness (QED) is 0.302. The lowest BCUT2D eigenvalue weighted by atomic mass is 10.1. The van der Waals surface area contributed by atoms with Crippen molar-refractivity contribution in [3.63, 3.8) is 0 Å². The van der Waals surface area contributed by atoms with Crippen molar-refractivity contribution in [2.45, 2.75) is 32.2 Å². The number of hydrogen-bond acceptors (Lipinski definition) is 5. The van der Waals surface area contributed by atoms with Crippen LogP contribution in [0, 0.1) is 6.92 Å². The molecular formula is C24H23BrN4O2S. The van der Waals surface area contributed by atoms with Gasteiger partial charge in [-0.15, -0.1) is 10.2 Å². The molecule has 3 aromatic carbocycles. The highest BCUT2D eigenvalue weighted by molar-refractivity contribution is 9.10. The summed E-state index contributed by atoms with van der Waals surface area (Å²) in [4.78, 5) is 12.4. The van der Waals surface area contributed by atoms with Crippen LogP contribution in [0.4, 0.5) is 5.69 Å². The summed E-state index contributed by atoms with van der Waals surface area (Å²) in [6.07, 6.45) is 0. The number of thioether (sulfide) groups is 1. The average Bonchev–Trinajstić information content (AvgIpc) is 3.20. The van der Waals surface area contributed by atoms with Crippen molar-refractivity contribution < 1.29 is 9.53 Å². The van der Waals surface area contributed by atoms with Crippen molar-refractivity contribution in [3.8, 4) is 5.75 Å². The van der Waals surface area contributed by atoms with E-state index in [1.54, 1.807) is 0 Å². The van der Waals surface area contributed by atoms with Gasteiger partial charge < -0.3 is 14.6 Å². The molecule has 0 aliphatic carbocycles. The van der Waals surface area contributed by atoms with E-state index in [4.69, 9.17) is 4.74 Å². The third kappa shape index (κ3) is 5.14. The molecule has 1 heterocycles. The number of anilines is 1. The molecule has 1 N–H and O–H groups in total. The van der Waals surface area contributed by atoms with E-state index in [9.17, 15) is 4.79 Å². The van der Waals surface area contributed by atoms with Crippen LogP contribution in [-0.4, -0.2) is 26.4 Å². The molecule has 164 valence electrons. The SMILES string of the molecule is CCn1c(COc2cccc3ccccc23)nnc1SCC(=O)Nc1ccc(Br)cc1C. The molecule has 0 aliphatic rings. The van der Waals surface area contributed by atoms with Crippen molar-refractivity contribution in [1.29, 1.82) is 0 Å². The van der Waals surface area contributed by atoms with Gasteiger partial charge in [0.1, 0.15) is 12.4 Å².